The van der Waals surface area contributed by atoms with Gasteiger partial charge in [-0.15, -0.1) is 0 Å². The van der Waals surface area contributed by atoms with Gasteiger partial charge in [-0.2, -0.15) is 0 Å². The van der Waals surface area contributed by atoms with E-state index in [1.807, 2.05) is 25.3 Å². The molecule has 1 saturated heterocycles. The highest BCUT2D eigenvalue weighted by atomic mass is 16.2. The van der Waals surface area contributed by atoms with Crippen LogP contribution >= 0.6 is 0 Å². The SMILES string of the molecule is Cc1ccc(C(C)NC(=O)CN2CCN(Cc3ccccn3)CC2)cc1C. The van der Waals surface area contributed by atoms with Gasteiger partial charge in [-0.1, -0.05) is 24.3 Å². The molecule has 0 aliphatic carbocycles. The molecule has 1 unspecified atom stereocenters. The van der Waals surface area contributed by atoms with Gasteiger partial charge in [0.2, 0.25) is 5.91 Å². The van der Waals surface area contributed by atoms with E-state index in [-0.39, 0.29) is 11.9 Å². The van der Waals surface area contributed by atoms with Crippen LogP contribution in [0.3, 0.4) is 0 Å². The van der Waals surface area contributed by atoms with Crippen LogP contribution in [0.2, 0.25) is 0 Å². The van der Waals surface area contributed by atoms with Crippen LogP contribution in [0, 0.1) is 13.8 Å². The van der Waals surface area contributed by atoms with E-state index in [2.05, 4.69) is 58.2 Å². The van der Waals surface area contributed by atoms with Crippen LogP contribution in [-0.4, -0.2) is 53.4 Å². The third-order valence-electron chi connectivity index (χ3n) is 5.35. The molecule has 2 heterocycles. The number of aryl methyl sites for hydroxylation is 2. The Bertz CT molecular complexity index is 754. The molecule has 1 fully saturated rings. The monoisotopic (exact) mass is 366 g/mol. The van der Waals surface area contributed by atoms with Crippen molar-refractivity contribution in [1.29, 1.82) is 0 Å². The van der Waals surface area contributed by atoms with Gasteiger partial charge in [0.15, 0.2) is 0 Å². The Morgan fingerprint density at radius 3 is 2.48 bits per heavy atom. The van der Waals surface area contributed by atoms with Gasteiger partial charge >= 0.3 is 0 Å². The van der Waals surface area contributed by atoms with Crippen LogP contribution in [0.4, 0.5) is 0 Å². The summed E-state index contributed by atoms with van der Waals surface area (Å²) in [5.41, 5.74) is 4.80. The number of pyridine rings is 1. The first-order chi connectivity index (χ1) is 13.0. The minimum Gasteiger partial charge on any atom is -0.348 e. The number of piperazine rings is 1. The molecular formula is C22H30N4O. The number of rotatable bonds is 6. The smallest absolute Gasteiger partial charge is 0.234 e. The molecule has 2 aromatic rings. The molecule has 144 valence electrons. The van der Waals surface area contributed by atoms with Crippen molar-refractivity contribution in [3.8, 4) is 0 Å². The molecule has 1 aliphatic heterocycles. The molecule has 0 saturated carbocycles. The second-order valence-corrected chi connectivity index (χ2v) is 7.51. The fourth-order valence-corrected chi connectivity index (χ4v) is 3.43. The first-order valence-corrected chi connectivity index (χ1v) is 9.72. The number of nitrogens with one attached hydrogen (secondary N) is 1. The van der Waals surface area contributed by atoms with Crippen molar-refractivity contribution in [2.75, 3.05) is 32.7 Å². The van der Waals surface area contributed by atoms with Crippen LogP contribution in [0.5, 0.6) is 0 Å². The minimum atomic E-state index is 0.0299. The highest BCUT2D eigenvalue weighted by Gasteiger charge is 2.20. The molecule has 0 bridgehead atoms. The zero-order chi connectivity index (χ0) is 19.2. The Morgan fingerprint density at radius 2 is 1.81 bits per heavy atom. The summed E-state index contributed by atoms with van der Waals surface area (Å²) < 4.78 is 0. The van der Waals surface area contributed by atoms with Crippen LogP contribution in [0.25, 0.3) is 0 Å². The van der Waals surface area contributed by atoms with Crippen molar-refractivity contribution in [3.63, 3.8) is 0 Å². The van der Waals surface area contributed by atoms with E-state index in [0.717, 1.165) is 44.0 Å². The van der Waals surface area contributed by atoms with E-state index >= 15 is 0 Å². The van der Waals surface area contributed by atoms with Crippen LogP contribution < -0.4 is 5.32 Å². The number of benzene rings is 1. The maximum Gasteiger partial charge on any atom is 0.234 e. The predicted molar refractivity (Wildman–Crippen MR) is 108 cm³/mol. The van der Waals surface area contributed by atoms with Gasteiger partial charge in [-0.25, -0.2) is 0 Å². The highest BCUT2D eigenvalue weighted by Crippen LogP contribution is 2.16. The molecular weight excluding hydrogens is 336 g/mol. The largest absolute Gasteiger partial charge is 0.348 e. The number of aromatic nitrogens is 1. The topological polar surface area (TPSA) is 48.5 Å². The Kier molecular flexibility index (Phi) is 6.58. The lowest BCUT2D eigenvalue weighted by Gasteiger charge is -2.34. The Hall–Kier alpha value is -2.24. The van der Waals surface area contributed by atoms with E-state index in [9.17, 15) is 4.79 Å². The van der Waals surface area contributed by atoms with Crippen molar-refractivity contribution < 1.29 is 4.79 Å². The number of amides is 1. The van der Waals surface area contributed by atoms with Crippen LogP contribution in [0.1, 0.15) is 35.3 Å². The van der Waals surface area contributed by atoms with Crippen molar-refractivity contribution in [1.82, 2.24) is 20.1 Å². The Balaban J connectivity index is 1.43. The summed E-state index contributed by atoms with van der Waals surface area (Å²) in [7, 11) is 0. The summed E-state index contributed by atoms with van der Waals surface area (Å²) in [6, 6.07) is 12.4. The van der Waals surface area contributed by atoms with Gasteiger partial charge in [-0.3, -0.25) is 19.6 Å². The predicted octanol–water partition coefficient (Wildman–Crippen LogP) is 2.69. The van der Waals surface area contributed by atoms with Crippen LogP contribution in [-0.2, 0) is 11.3 Å². The molecule has 1 amide bonds. The number of carbonyl (C=O) groups excluding carboxylic acids is 1. The summed E-state index contributed by atoms with van der Waals surface area (Å²) in [5.74, 6) is 0.0962. The first-order valence-electron chi connectivity index (χ1n) is 9.72. The van der Waals surface area contributed by atoms with E-state index in [0.29, 0.717) is 6.54 Å². The van der Waals surface area contributed by atoms with Crippen molar-refractivity contribution in [3.05, 3.63) is 65.0 Å². The molecule has 1 N–H and O–H groups in total. The molecule has 5 nitrogen and oxygen atoms in total. The lowest BCUT2D eigenvalue weighted by Crippen LogP contribution is -2.49. The normalized spacial score (nSPS) is 16.9. The summed E-state index contributed by atoms with van der Waals surface area (Å²) in [4.78, 5) is 21.5. The summed E-state index contributed by atoms with van der Waals surface area (Å²) in [6.07, 6.45) is 1.84. The van der Waals surface area contributed by atoms with Gasteiger partial charge in [-0.05, 0) is 49.6 Å². The molecule has 1 aromatic carbocycles. The van der Waals surface area contributed by atoms with E-state index in [4.69, 9.17) is 0 Å². The maximum atomic E-state index is 12.4. The second-order valence-electron chi connectivity index (χ2n) is 7.51. The first kappa shape index (κ1) is 19.5. The molecule has 1 aromatic heterocycles. The number of carbonyl (C=O) groups is 1. The van der Waals surface area contributed by atoms with Gasteiger partial charge in [0, 0.05) is 38.9 Å². The fourth-order valence-electron chi connectivity index (χ4n) is 3.43. The summed E-state index contributed by atoms with van der Waals surface area (Å²) in [6.45, 7) is 11.4. The standard InChI is InChI=1S/C22H30N4O/c1-17-7-8-20(14-18(17)2)19(3)24-22(27)16-26-12-10-25(11-13-26)15-21-6-4-5-9-23-21/h4-9,14,19H,10-13,15-16H2,1-3H3,(H,24,27). The van der Waals surface area contributed by atoms with Crippen LogP contribution in [0.15, 0.2) is 42.6 Å². The zero-order valence-electron chi connectivity index (χ0n) is 16.6. The van der Waals surface area contributed by atoms with Gasteiger partial charge < -0.3 is 5.32 Å². The molecule has 27 heavy (non-hydrogen) atoms. The molecule has 1 aliphatic rings. The van der Waals surface area contributed by atoms with Crippen molar-refractivity contribution >= 4 is 5.91 Å². The minimum absolute atomic E-state index is 0.0299. The van der Waals surface area contributed by atoms with E-state index in [1.54, 1.807) is 0 Å². The third kappa shape index (κ3) is 5.62. The quantitative estimate of drug-likeness (QED) is 0.854. The molecule has 3 rings (SSSR count). The molecule has 0 spiro atoms. The van der Waals surface area contributed by atoms with Crippen molar-refractivity contribution in [2.45, 2.75) is 33.4 Å². The average molecular weight is 367 g/mol. The third-order valence-corrected chi connectivity index (χ3v) is 5.35. The zero-order valence-corrected chi connectivity index (χ0v) is 16.6. The van der Waals surface area contributed by atoms with Gasteiger partial charge in [0.25, 0.3) is 0 Å². The molecule has 0 radical (unpaired) electrons. The number of hydrogen-bond donors (Lipinski definition) is 1. The second kappa shape index (κ2) is 9.11. The fraction of sp³-hybridized carbons (Fsp3) is 0.455. The highest BCUT2D eigenvalue weighted by molar-refractivity contribution is 5.78. The number of hydrogen-bond acceptors (Lipinski definition) is 4. The summed E-state index contributed by atoms with van der Waals surface area (Å²) in [5, 5.41) is 3.14. The van der Waals surface area contributed by atoms with E-state index in [1.165, 1.54) is 11.1 Å². The lowest BCUT2D eigenvalue weighted by atomic mass is 10.0. The van der Waals surface area contributed by atoms with E-state index < -0.39 is 0 Å². The Morgan fingerprint density at radius 1 is 1.07 bits per heavy atom. The molecule has 1 atom stereocenters. The van der Waals surface area contributed by atoms with Crippen molar-refractivity contribution in [2.24, 2.45) is 0 Å². The Labute approximate surface area is 162 Å². The van der Waals surface area contributed by atoms with Gasteiger partial charge in [0.1, 0.15) is 0 Å². The van der Waals surface area contributed by atoms with Gasteiger partial charge in [0.05, 0.1) is 18.3 Å². The molecule has 5 heteroatoms. The average Bonchev–Trinajstić information content (AvgIpc) is 2.66. The summed E-state index contributed by atoms with van der Waals surface area (Å²) >= 11 is 0. The maximum absolute atomic E-state index is 12.4. The lowest BCUT2D eigenvalue weighted by molar-refractivity contribution is -0.123. The number of nitrogens with zero attached hydrogens (tertiary/aromatic N) is 3.